The van der Waals surface area contributed by atoms with E-state index in [9.17, 15) is 0 Å². The summed E-state index contributed by atoms with van der Waals surface area (Å²) in [5, 5.41) is 4.23. The Labute approximate surface area is 97.8 Å². The molecule has 0 aromatic heterocycles. The molecule has 0 heterocycles. The second-order valence-electron chi connectivity index (χ2n) is 3.95. The summed E-state index contributed by atoms with van der Waals surface area (Å²) >= 11 is 6.04. The van der Waals surface area contributed by atoms with Crippen molar-refractivity contribution in [2.24, 2.45) is 0 Å². The molecule has 0 radical (unpaired) electrons. The van der Waals surface area contributed by atoms with Crippen molar-refractivity contribution in [3.05, 3.63) is 28.8 Å². The quantitative estimate of drug-likeness (QED) is 0.696. The van der Waals surface area contributed by atoms with Gasteiger partial charge in [-0.15, -0.1) is 0 Å². The maximum absolute atomic E-state index is 6.04. The SMILES string of the molecule is CCCCCCNc1ccc(C)c(Cl)c1. The highest BCUT2D eigenvalue weighted by molar-refractivity contribution is 6.31. The molecule has 0 saturated heterocycles. The molecule has 2 heteroatoms. The van der Waals surface area contributed by atoms with Crippen molar-refractivity contribution < 1.29 is 0 Å². The molecule has 84 valence electrons. The second-order valence-corrected chi connectivity index (χ2v) is 4.36. The molecule has 1 N–H and O–H groups in total. The zero-order valence-electron chi connectivity index (χ0n) is 9.65. The number of benzene rings is 1. The van der Waals surface area contributed by atoms with Gasteiger partial charge >= 0.3 is 0 Å². The molecule has 0 aliphatic rings. The summed E-state index contributed by atoms with van der Waals surface area (Å²) < 4.78 is 0. The zero-order valence-corrected chi connectivity index (χ0v) is 10.4. The number of anilines is 1. The normalized spacial score (nSPS) is 10.3. The first-order chi connectivity index (χ1) is 7.24. The average Bonchev–Trinajstić information content (AvgIpc) is 2.23. The van der Waals surface area contributed by atoms with Gasteiger partial charge in [-0.3, -0.25) is 0 Å². The first-order valence-electron chi connectivity index (χ1n) is 5.74. The van der Waals surface area contributed by atoms with Crippen LogP contribution in [0, 0.1) is 6.92 Å². The van der Waals surface area contributed by atoms with Gasteiger partial charge < -0.3 is 5.32 Å². The standard InChI is InChI=1S/C13H20ClN/c1-3-4-5-6-9-15-12-8-7-11(2)13(14)10-12/h7-8,10,15H,3-6,9H2,1-2H3. The Kier molecular flexibility index (Phi) is 5.56. The number of halogens is 1. The highest BCUT2D eigenvalue weighted by atomic mass is 35.5. The fraction of sp³-hybridized carbons (Fsp3) is 0.538. The molecule has 0 amide bonds. The molecule has 0 aliphatic carbocycles. The lowest BCUT2D eigenvalue weighted by Gasteiger charge is -2.07. The third-order valence-electron chi connectivity index (χ3n) is 2.53. The number of rotatable bonds is 6. The lowest BCUT2D eigenvalue weighted by Crippen LogP contribution is -2.01. The third-order valence-corrected chi connectivity index (χ3v) is 2.94. The van der Waals surface area contributed by atoms with Gasteiger partial charge in [0.15, 0.2) is 0 Å². The summed E-state index contributed by atoms with van der Waals surface area (Å²) in [6.45, 7) is 5.29. The minimum Gasteiger partial charge on any atom is -0.385 e. The molecular weight excluding hydrogens is 206 g/mol. The molecule has 0 aliphatic heterocycles. The number of nitrogens with one attached hydrogen (secondary N) is 1. The van der Waals surface area contributed by atoms with Gasteiger partial charge in [-0.2, -0.15) is 0 Å². The summed E-state index contributed by atoms with van der Waals surface area (Å²) in [7, 11) is 0. The zero-order chi connectivity index (χ0) is 11.1. The molecule has 0 bridgehead atoms. The van der Waals surface area contributed by atoms with Crippen molar-refractivity contribution in [2.75, 3.05) is 11.9 Å². The van der Waals surface area contributed by atoms with Crippen molar-refractivity contribution in [1.82, 2.24) is 0 Å². The molecule has 1 aromatic rings. The smallest absolute Gasteiger partial charge is 0.0455 e. The van der Waals surface area contributed by atoms with Crippen molar-refractivity contribution in [3.63, 3.8) is 0 Å². The molecule has 0 fully saturated rings. The average molecular weight is 226 g/mol. The van der Waals surface area contributed by atoms with E-state index in [0.717, 1.165) is 22.8 Å². The Hall–Kier alpha value is -0.690. The predicted molar refractivity (Wildman–Crippen MR) is 68.8 cm³/mol. The lowest BCUT2D eigenvalue weighted by atomic mass is 10.2. The number of hydrogen-bond acceptors (Lipinski definition) is 1. The van der Waals surface area contributed by atoms with E-state index in [2.05, 4.69) is 24.4 Å². The van der Waals surface area contributed by atoms with Crippen LogP contribution in [-0.2, 0) is 0 Å². The van der Waals surface area contributed by atoms with Crippen LogP contribution in [0.25, 0.3) is 0 Å². The predicted octanol–water partition coefficient (Wildman–Crippen LogP) is 4.64. The molecule has 1 rings (SSSR count). The van der Waals surface area contributed by atoms with Crippen LogP contribution in [0.3, 0.4) is 0 Å². The minimum atomic E-state index is 0.841. The highest BCUT2D eigenvalue weighted by Crippen LogP contribution is 2.19. The molecule has 1 nitrogen and oxygen atoms in total. The van der Waals surface area contributed by atoms with Crippen LogP contribution in [0.1, 0.15) is 38.2 Å². The van der Waals surface area contributed by atoms with Crippen LogP contribution < -0.4 is 5.32 Å². The van der Waals surface area contributed by atoms with Gasteiger partial charge in [-0.25, -0.2) is 0 Å². The van der Waals surface area contributed by atoms with E-state index in [4.69, 9.17) is 11.6 Å². The van der Waals surface area contributed by atoms with Crippen LogP contribution in [0.15, 0.2) is 18.2 Å². The van der Waals surface area contributed by atoms with Crippen molar-refractivity contribution in [1.29, 1.82) is 0 Å². The summed E-state index contributed by atoms with van der Waals surface area (Å²) in [4.78, 5) is 0. The Morgan fingerprint density at radius 3 is 2.67 bits per heavy atom. The van der Waals surface area contributed by atoms with Gasteiger partial charge in [0.2, 0.25) is 0 Å². The summed E-state index contributed by atoms with van der Waals surface area (Å²) in [5.74, 6) is 0. The van der Waals surface area contributed by atoms with Crippen molar-refractivity contribution in [3.8, 4) is 0 Å². The van der Waals surface area contributed by atoms with E-state index in [0.29, 0.717) is 0 Å². The first-order valence-corrected chi connectivity index (χ1v) is 6.12. The summed E-state index contributed by atoms with van der Waals surface area (Å²) in [6, 6.07) is 6.13. The van der Waals surface area contributed by atoms with Gasteiger partial charge in [0.05, 0.1) is 0 Å². The maximum Gasteiger partial charge on any atom is 0.0455 e. The Balaban J connectivity index is 2.28. The summed E-state index contributed by atoms with van der Waals surface area (Å²) in [6.07, 6.45) is 5.16. The number of unbranched alkanes of at least 4 members (excludes halogenated alkanes) is 3. The van der Waals surface area contributed by atoms with E-state index in [-0.39, 0.29) is 0 Å². The molecule has 15 heavy (non-hydrogen) atoms. The molecular formula is C13H20ClN. The van der Waals surface area contributed by atoms with Crippen molar-refractivity contribution >= 4 is 17.3 Å². The Morgan fingerprint density at radius 1 is 1.20 bits per heavy atom. The fourth-order valence-corrected chi connectivity index (χ4v) is 1.67. The molecule has 0 saturated carbocycles. The minimum absolute atomic E-state index is 0.841. The highest BCUT2D eigenvalue weighted by Gasteiger charge is 1.96. The molecule has 0 atom stereocenters. The first kappa shape index (κ1) is 12.4. The third kappa shape index (κ3) is 4.57. The molecule has 0 unspecified atom stereocenters. The van der Waals surface area contributed by atoms with E-state index < -0.39 is 0 Å². The van der Waals surface area contributed by atoms with E-state index in [1.54, 1.807) is 0 Å². The van der Waals surface area contributed by atoms with Gasteiger partial charge in [-0.1, -0.05) is 43.9 Å². The Bertz CT molecular complexity index is 297. The van der Waals surface area contributed by atoms with Crippen LogP contribution >= 0.6 is 11.6 Å². The maximum atomic E-state index is 6.04. The Morgan fingerprint density at radius 2 is 2.00 bits per heavy atom. The van der Waals surface area contributed by atoms with Gasteiger partial charge in [0, 0.05) is 17.3 Å². The second kappa shape index (κ2) is 6.73. The summed E-state index contributed by atoms with van der Waals surface area (Å²) in [5.41, 5.74) is 2.26. The molecule has 1 aromatic carbocycles. The van der Waals surface area contributed by atoms with Gasteiger partial charge in [0.1, 0.15) is 0 Å². The largest absolute Gasteiger partial charge is 0.385 e. The van der Waals surface area contributed by atoms with E-state index in [1.807, 2.05) is 13.0 Å². The lowest BCUT2D eigenvalue weighted by molar-refractivity contribution is 0.685. The monoisotopic (exact) mass is 225 g/mol. The van der Waals surface area contributed by atoms with E-state index in [1.165, 1.54) is 25.7 Å². The van der Waals surface area contributed by atoms with Gasteiger partial charge in [0.25, 0.3) is 0 Å². The van der Waals surface area contributed by atoms with Crippen LogP contribution in [-0.4, -0.2) is 6.54 Å². The fourth-order valence-electron chi connectivity index (χ4n) is 1.49. The van der Waals surface area contributed by atoms with Crippen LogP contribution in [0.2, 0.25) is 5.02 Å². The van der Waals surface area contributed by atoms with Gasteiger partial charge in [-0.05, 0) is 31.0 Å². The number of aryl methyl sites for hydroxylation is 1. The van der Waals surface area contributed by atoms with Crippen LogP contribution in [0.4, 0.5) is 5.69 Å². The molecule has 0 spiro atoms. The topological polar surface area (TPSA) is 12.0 Å². The van der Waals surface area contributed by atoms with Crippen LogP contribution in [0.5, 0.6) is 0 Å². The van der Waals surface area contributed by atoms with E-state index >= 15 is 0 Å². The van der Waals surface area contributed by atoms with Crippen molar-refractivity contribution in [2.45, 2.75) is 39.5 Å². The number of hydrogen-bond donors (Lipinski definition) is 1.